The van der Waals surface area contributed by atoms with E-state index in [1.54, 1.807) is 13.0 Å². The number of hydrogen-bond donors (Lipinski definition) is 0. The van der Waals surface area contributed by atoms with Crippen LogP contribution >= 0.6 is 22.7 Å². The lowest BCUT2D eigenvalue weighted by Crippen LogP contribution is -2.11. The number of ether oxygens (including phenoxy) is 1. The van der Waals surface area contributed by atoms with Crippen molar-refractivity contribution in [3.05, 3.63) is 45.3 Å². The molecule has 0 amide bonds. The molecule has 0 aliphatic rings. The normalized spacial score (nSPS) is 12.1. The Kier molecular flexibility index (Phi) is 5.40. The third-order valence-electron chi connectivity index (χ3n) is 3.40. The highest BCUT2D eigenvalue weighted by Gasteiger charge is 2.20. The van der Waals surface area contributed by atoms with Crippen LogP contribution < -0.4 is 0 Å². The van der Waals surface area contributed by atoms with Gasteiger partial charge in [-0.15, -0.1) is 32.9 Å². The lowest BCUT2D eigenvalue weighted by Gasteiger charge is -2.08. The Morgan fingerprint density at radius 1 is 1.24 bits per heavy atom. The summed E-state index contributed by atoms with van der Waals surface area (Å²) in [6.07, 6.45) is -0.519. The molecule has 6 nitrogen and oxygen atoms in total. The van der Waals surface area contributed by atoms with Crippen LogP contribution in [-0.4, -0.2) is 21.9 Å². The molecule has 0 N–H and O–H groups in total. The highest BCUT2D eigenvalue weighted by Crippen LogP contribution is 2.26. The first-order valence-corrected chi connectivity index (χ1v) is 9.39. The number of esters is 1. The molecule has 3 aromatic rings. The molecule has 0 saturated carbocycles. The summed E-state index contributed by atoms with van der Waals surface area (Å²) in [4.78, 5) is 26.5. The Morgan fingerprint density at radius 2 is 2.08 bits per heavy atom. The fourth-order valence-corrected chi connectivity index (χ4v) is 3.61. The van der Waals surface area contributed by atoms with Crippen LogP contribution in [0.1, 0.15) is 46.3 Å². The van der Waals surface area contributed by atoms with E-state index < -0.39 is 12.1 Å². The molecule has 3 aromatic heterocycles. The Balaban J connectivity index is 1.51. The first-order chi connectivity index (χ1) is 12.0. The number of rotatable bonds is 7. The fraction of sp³-hybridized carbons (Fsp3) is 0.294. The fourth-order valence-electron chi connectivity index (χ4n) is 2.13. The van der Waals surface area contributed by atoms with Crippen molar-refractivity contribution in [3.63, 3.8) is 0 Å². The number of ketones is 1. The molecule has 0 aromatic carbocycles. The zero-order valence-electron chi connectivity index (χ0n) is 13.7. The maximum Gasteiger partial charge on any atom is 0.307 e. The van der Waals surface area contributed by atoms with Gasteiger partial charge in [0.05, 0.1) is 16.2 Å². The monoisotopic (exact) mass is 376 g/mol. The topological polar surface area (TPSA) is 82.3 Å². The lowest BCUT2D eigenvalue weighted by molar-refractivity contribution is -0.149. The van der Waals surface area contributed by atoms with Crippen LogP contribution in [0.2, 0.25) is 0 Å². The first kappa shape index (κ1) is 17.5. The van der Waals surface area contributed by atoms with E-state index in [0.29, 0.717) is 10.8 Å². The minimum Gasteiger partial charge on any atom is -0.453 e. The van der Waals surface area contributed by atoms with E-state index in [9.17, 15) is 9.59 Å². The molecule has 1 atom stereocenters. The number of carbonyl (C=O) groups is 2. The van der Waals surface area contributed by atoms with Crippen molar-refractivity contribution in [1.82, 2.24) is 10.2 Å². The summed E-state index contributed by atoms with van der Waals surface area (Å²) in [5.74, 6) is 0.110. The number of Topliss-reactive ketones (excluding diaryl/α,β-unsaturated/α-hetero) is 1. The predicted molar refractivity (Wildman–Crippen MR) is 94.7 cm³/mol. The van der Waals surface area contributed by atoms with E-state index >= 15 is 0 Å². The number of hydrogen-bond acceptors (Lipinski definition) is 8. The summed E-state index contributed by atoms with van der Waals surface area (Å²) < 4.78 is 10.8. The summed E-state index contributed by atoms with van der Waals surface area (Å²) in [5, 5.41) is 9.78. The number of nitrogens with zero attached hydrogens (tertiary/aromatic N) is 2. The van der Waals surface area contributed by atoms with Crippen LogP contribution in [-0.2, 0) is 9.53 Å². The molecule has 0 spiro atoms. The molecule has 0 aliphatic carbocycles. The molecule has 0 bridgehead atoms. The average Bonchev–Trinajstić information content (AvgIpc) is 3.32. The molecule has 0 saturated heterocycles. The second kappa shape index (κ2) is 7.71. The summed E-state index contributed by atoms with van der Waals surface area (Å²) in [6.45, 7) is 3.60. The Hall–Kier alpha value is -2.32. The molecule has 3 heterocycles. The second-order valence-electron chi connectivity index (χ2n) is 5.39. The van der Waals surface area contributed by atoms with Crippen molar-refractivity contribution in [3.8, 4) is 10.8 Å². The molecule has 130 valence electrons. The third kappa shape index (κ3) is 4.40. The standard InChI is InChI=1S/C17H16N2O4S2/c1-10-5-7-13(25-10)12(20)6-8-15(21)22-11(2)16-18-19-17(23-16)14-4-3-9-24-14/h3-5,7,9,11H,6,8H2,1-2H3/t11-/m0/s1. The molecular formula is C17H16N2O4S2. The minimum atomic E-state index is -0.659. The van der Waals surface area contributed by atoms with Crippen molar-refractivity contribution >= 4 is 34.4 Å². The number of aryl methyl sites for hydroxylation is 1. The second-order valence-corrected chi connectivity index (χ2v) is 7.62. The van der Waals surface area contributed by atoms with Crippen molar-refractivity contribution in [2.75, 3.05) is 0 Å². The quantitative estimate of drug-likeness (QED) is 0.448. The van der Waals surface area contributed by atoms with Crippen molar-refractivity contribution in [2.45, 2.75) is 32.8 Å². The summed E-state index contributed by atoms with van der Waals surface area (Å²) in [7, 11) is 0. The molecule has 0 fully saturated rings. The maximum absolute atomic E-state index is 12.0. The molecule has 8 heteroatoms. The summed E-state index contributed by atoms with van der Waals surface area (Å²) in [5.41, 5.74) is 0. The molecule has 0 unspecified atom stereocenters. The maximum atomic E-state index is 12.0. The van der Waals surface area contributed by atoms with Gasteiger partial charge in [-0.3, -0.25) is 9.59 Å². The van der Waals surface area contributed by atoms with Crippen molar-refractivity contribution < 1.29 is 18.7 Å². The van der Waals surface area contributed by atoms with Crippen molar-refractivity contribution in [1.29, 1.82) is 0 Å². The summed E-state index contributed by atoms with van der Waals surface area (Å²) in [6, 6.07) is 7.43. The molecule has 3 rings (SSSR count). The highest BCUT2D eigenvalue weighted by atomic mass is 32.1. The van der Waals surface area contributed by atoms with E-state index in [1.165, 1.54) is 22.7 Å². The van der Waals surface area contributed by atoms with Crippen LogP contribution in [0.15, 0.2) is 34.1 Å². The van der Waals surface area contributed by atoms with Gasteiger partial charge >= 0.3 is 5.97 Å². The van der Waals surface area contributed by atoms with Crippen LogP contribution in [0, 0.1) is 6.92 Å². The van der Waals surface area contributed by atoms with Gasteiger partial charge in [0.25, 0.3) is 11.8 Å². The van der Waals surface area contributed by atoms with Gasteiger partial charge < -0.3 is 9.15 Å². The van der Waals surface area contributed by atoms with Gasteiger partial charge in [-0.05, 0) is 37.4 Å². The van der Waals surface area contributed by atoms with Gasteiger partial charge in [0.1, 0.15) is 0 Å². The van der Waals surface area contributed by atoms with Gasteiger partial charge in [-0.1, -0.05) is 6.07 Å². The number of carbonyl (C=O) groups excluding carboxylic acids is 2. The predicted octanol–water partition coefficient (Wildman–Crippen LogP) is 4.44. The van der Waals surface area contributed by atoms with Gasteiger partial charge in [0.15, 0.2) is 11.9 Å². The number of aromatic nitrogens is 2. The van der Waals surface area contributed by atoms with Crippen molar-refractivity contribution in [2.24, 2.45) is 0 Å². The van der Waals surface area contributed by atoms with Crippen LogP contribution in [0.25, 0.3) is 10.8 Å². The van der Waals surface area contributed by atoms with E-state index in [-0.39, 0.29) is 24.5 Å². The van der Waals surface area contributed by atoms with Crippen LogP contribution in [0.5, 0.6) is 0 Å². The van der Waals surface area contributed by atoms with Crippen LogP contribution in [0.3, 0.4) is 0 Å². The third-order valence-corrected chi connectivity index (χ3v) is 5.30. The molecule has 0 aliphatic heterocycles. The van der Waals surface area contributed by atoms with E-state index in [1.807, 2.05) is 30.5 Å². The van der Waals surface area contributed by atoms with E-state index in [2.05, 4.69) is 10.2 Å². The van der Waals surface area contributed by atoms with Gasteiger partial charge in [-0.25, -0.2) is 0 Å². The minimum absolute atomic E-state index is 0.0199. The lowest BCUT2D eigenvalue weighted by atomic mass is 10.2. The molecule has 25 heavy (non-hydrogen) atoms. The zero-order chi connectivity index (χ0) is 17.8. The Labute approximate surface area is 152 Å². The average molecular weight is 376 g/mol. The summed E-state index contributed by atoms with van der Waals surface area (Å²) >= 11 is 2.91. The van der Waals surface area contributed by atoms with Gasteiger partial charge in [0, 0.05) is 11.3 Å². The largest absolute Gasteiger partial charge is 0.453 e. The SMILES string of the molecule is Cc1ccc(C(=O)CCC(=O)O[C@@H](C)c2nnc(-c3cccs3)o2)s1. The molecule has 0 radical (unpaired) electrons. The van der Waals surface area contributed by atoms with Gasteiger partial charge in [-0.2, -0.15) is 0 Å². The van der Waals surface area contributed by atoms with E-state index in [0.717, 1.165) is 9.75 Å². The number of thiophene rings is 2. The van der Waals surface area contributed by atoms with Crippen LogP contribution in [0.4, 0.5) is 0 Å². The Morgan fingerprint density at radius 3 is 2.76 bits per heavy atom. The van der Waals surface area contributed by atoms with E-state index in [4.69, 9.17) is 9.15 Å². The first-order valence-electron chi connectivity index (χ1n) is 7.69. The Bertz CT molecular complexity index is 867. The smallest absolute Gasteiger partial charge is 0.307 e. The molecular weight excluding hydrogens is 360 g/mol. The highest BCUT2D eigenvalue weighted by molar-refractivity contribution is 7.14. The zero-order valence-corrected chi connectivity index (χ0v) is 15.4. The van der Waals surface area contributed by atoms with Gasteiger partial charge in [0.2, 0.25) is 0 Å².